The number of hydrogen-bond acceptors (Lipinski definition) is 5. The van der Waals surface area contributed by atoms with E-state index >= 15 is 0 Å². The maximum atomic E-state index is 13.4. The number of sulfonamides is 1. The van der Waals surface area contributed by atoms with Crippen molar-refractivity contribution in [2.24, 2.45) is 0 Å². The van der Waals surface area contributed by atoms with Crippen LogP contribution in [0.3, 0.4) is 0 Å². The molecule has 0 aliphatic rings. The molecule has 0 aromatic heterocycles. The highest BCUT2D eigenvalue weighted by Crippen LogP contribution is 2.29. The van der Waals surface area contributed by atoms with Crippen LogP contribution in [0.2, 0.25) is 5.02 Å². The van der Waals surface area contributed by atoms with Crippen molar-refractivity contribution in [3.8, 4) is 0 Å². The number of aryl methyl sites for hydroxylation is 1. The fraction of sp³-hybridized carbons (Fsp3) is 0.208. The molecule has 0 radical (unpaired) electrons. The Hall–Kier alpha value is -2.88. The SMILES string of the molecule is Cc1cc(Cl)ccc1N(CC(=O)N[C@H](C)c1ccc(S(C)(=O)=O)cc1)S(=O)(=O)c1ccccc1. The van der Waals surface area contributed by atoms with Gasteiger partial charge in [0.15, 0.2) is 9.84 Å². The summed E-state index contributed by atoms with van der Waals surface area (Å²) in [4.78, 5) is 13.2. The number of halogens is 1. The number of anilines is 1. The van der Waals surface area contributed by atoms with Crippen LogP contribution in [0.15, 0.2) is 82.6 Å². The number of nitrogens with zero attached hydrogens (tertiary/aromatic N) is 1. The second-order valence-corrected chi connectivity index (χ2v) is 12.2. The third-order valence-corrected chi connectivity index (χ3v) is 8.37. The Balaban J connectivity index is 1.88. The van der Waals surface area contributed by atoms with Crippen LogP contribution in [0.4, 0.5) is 5.69 Å². The summed E-state index contributed by atoms with van der Waals surface area (Å²) in [6, 6.07) is 18.3. The number of carbonyl (C=O) groups excluding carboxylic acids is 1. The number of benzene rings is 3. The van der Waals surface area contributed by atoms with Gasteiger partial charge in [0.05, 0.1) is 21.5 Å². The van der Waals surface area contributed by atoms with Crippen LogP contribution in [0.25, 0.3) is 0 Å². The molecule has 3 aromatic rings. The number of amides is 1. The summed E-state index contributed by atoms with van der Waals surface area (Å²) in [7, 11) is -7.38. The fourth-order valence-electron chi connectivity index (χ4n) is 3.42. The Morgan fingerprint density at radius 3 is 2.12 bits per heavy atom. The van der Waals surface area contributed by atoms with Crippen molar-refractivity contribution < 1.29 is 21.6 Å². The van der Waals surface area contributed by atoms with Gasteiger partial charge in [-0.25, -0.2) is 16.8 Å². The van der Waals surface area contributed by atoms with Crippen LogP contribution in [-0.2, 0) is 24.7 Å². The Labute approximate surface area is 205 Å². The first-order valence-electron chi connectivity index (χ1n) is 10.3. The topological polar surface area (TPSA) is 101 Å². The molecule has 0 aliphatic heterocycles. The summed E-state index contributed by atoms with van der Waals surface area (Å²) in [5.41, 5.74) is 1.62. The highest BCUT2D eigenvalue weighted by atomic mass is 35.5. The minimum atomic E-state index is -4.04. The molecule has 0 fully saturated rings. The molecule has 0 heterocycles. The molecule has 0 saturated heterocycles. The molecule has 3 rings (SSSR count). The maximum Gasteiger partial charge on any atom is 0.264 e. The first-order valence-corrected chi connectivity index (χ1v) is 14.0. The molecule has 3 aromatic carbocycles. The van der Waals surface area contributed by atoms with Crippen LogP contribution in [0, 0.1) is 6.92 Å². The number of carbonyl (C=O) groups is 1. The summed E-state index contributed by atoms with van der Waals surface area (Å²) < 4.78 is 51.3. The van der Waals surface area contributed by atoms with Gasteiger partial charge in [-0.1, -0.05) is 41.9 Å². The number of sulfone groups is 1. The summed E-state index contributed by atoms with van der Waals surface area (Å²) in [6.07, 6.45) is 1.12. The highest BCUT2D eigenvalue weighted by molar-refractivity contribution is 7.93. The largest absolute Gasteiger partial charge is 0.348 e. The van der Waals surface area contributed by atoms with E-state index in [0.29, 0.717) is 21.8 Å². The second-order valence-electron chi connectivity index (χ2n) is 7.89. The Kier molecular flexibility index (Phi) is 7.70. The van der Waals surface area contributed by atoms with Crippen molar-refractivity contribution in [2.75, 3.05) is 17.1 Å². The standard InChI is InChI=1S/C24H25ClN2O5S2/c1-17-15-20(25)11-14-23(17)27(34(31,32)22-7-5-4-6-8-22)16-24(28)26-18(2)19-9-12-21(13-10-19)33(3,29)30/h4-15,18H,16H2,1-3H3,(H,26,28)/t18-/m1/s1. The maximum absolute atomic E-state index is 13.4. The fourth-order valence-corrected chi connectivity index (χ4v) is 5.79. The van der Waals surface area contributed by atoms with Gasteiger partial charge < -0.3 is 5.32 Å². The lowest BCUT2D eigenvalue weighted by atomic mass is 10.1. The number of nitrogens with one attached hydrogen (secondary N) is 1. The van der Waals surface area contributed by atoms with Gasteiger partial charge in [0, 0.05) is 11.3 Å². The molecular weight excluding hydrogens is 496 g/mol. The molecule has 0 aliphatic carbocycles. The average Bonchev–Trinajstić information content (AvgIpc) is 2.78. The minimum absolute atomic E-state index is 0.0570. The third kappa shape index (κ3) is 5.97. The van der Waals surface area contributed by atoms with E-state index in [9.17, 15) is 21.6 Å². The van der Waals surface area contributed by atoms with Crippen molar-refractivity contribution in [1.29, 1.82) is 0 Å². The van der Waals surface area contributed by atoms with Gasteiger partial charge >= 0.3 is 0 Å². The molecule has 0 saturated carbocycles. The van der Waals surface area contributed by atoms with Crippen molar-refractivity contribution in [3.05, 3.63) is 88.9 Å². The summed E-state index contributed by atoms with van der Waals surface area (Å²) in [5.74, 6) is -0.520. The first kappa shape index (κ1) is 25.7. The Morgan fingerprint density at radius 2 is 1.56 bits per heavy atom. The molecule has 0 bridgehead atoms. The lowest BCUT2D eigenvalue weighted by Crippen LogP contribution is -2.41. The van der Waals surface area contributed by atoms with Gasteiger partial charge in [0.25, 0.3) is 10.0 Å². The zero-order valence-corrected chi connectivity index (χ0v) is 21.3. The van der Waals surface area contributed by atoms with Crippen LogP contribution in [0.1, 0.15) is 24.1 Å². The van der Waals surface area contributed by atoms with Crippen molar-refractivity contribution >= 4 is 43.1 Å². The minimum Gasteiger partial charge on any atom is -0.348 e. The van der Waals surface area contributed by atoms with Gasteiger partial charge in [0.2, 0.25) is 5.91 Å². The summed E-state index contributed by atoms with van der Waals surface area (Å²) >= 11 is 6.05. The van der Waals surface area contributed by atoms with Crippen molar-refractivity contribution in [2.45, 2.75) is 29.7 Å². The van der Waals surface area contributed by atoms with E-state index in [2.05, 4.69) is 5.32 Å². The second kappa shape index (κ2) is 10.2. The normalized spacial score (nSPS) is 12.7. The van der Waals surface area contributed by atoms with Gasteiger partial charge in [-0.3, -0.25) is 9.10 Å². The summed E-state index contributed by atoms with van der Waals surface area (Å²) in [6.45, 7) is 3.00. The van der Waals surface area contributed by atoms with Crippen LogP contribution in [0.5, 0.6) is 0 Å². The Bertz CT molecular complexity index is 1390. The van der Waals surface area contributed by atoms with E-state index in [1.54, 1.807) is 62.4 Å². The lowest BCUT2D eigenvalue weighted by Gasteiger charge is -2.26. The van der Waals surface area contributed by atoms with Gasteiger partial charge in [-0.2, -0.15) is 0 Å². The van der Waals surface area contributed by atoms with E-state index in [4.69, 9.17) is 11.6 Å². The number of hydrogen-bond donors (Lipinski definition) is 1. The van der Waals surface area contributed by atoms with E-state index < -0.39 is 38.4 Å². The van der Waals surface area contributed by atoms with E-state index in [0.717, 1.165) is 10.6 Å². The zero-order chi connectivity index (χ0) is 25.1. The molecule has 1 atom stereocenters. The van der Waals surface area contributed by atoms with Crippen LogP contribution in [-0.4, -0.2) is 35.5 Å². The smallest absolute Gasteiger partial charge is 0.264 e. The van der Waals surface area contributed by atoms with E-state index in [1.807, 2.05) is 0 Å². The highest BCUT2D eigenvalue weighted by Gasteiger charge is 2.28. The quantitative estimate of drug-likeness (QED) is 0.481. The molecular formula is C24H25ClN2O5S2. The zero-order valence-electron chi connectivity index (χ0n) is 18.9. The van der Waals surface area contributed by atoms with Gasteiger partial charge in [-0.15, -0.1) is 0 Å². The first-order chi connectivity index (χ1) is 15.9. The van der Waals surface area contributed by atoms with Crippen LogP contribution < -0.4 is 9.62 Å². The average molecular weight is 521 g/mol. The molecule has 0 unspecified atom stereocenters. The predicted octanol–water partition coefficient (Wildman–Crippen LogP) is 4.12. The molecule has 1 amide bonds. The predicted molar refractivity (Wildman–Crippen MR) is 133 cm³/mol. The molecule has 1 N–H and O–H groups in total. The third-order valence-electron chi connectivity index (χ3n) is 5.23. The molecule has 180 valence electrons. The van der Waals surface area contributed by atoms with Crippen LogP contribution >= 0.6 is 11.6 Å². The molecule has 0 spiro atoms. The Morgan fingerprint density at radius 1 is 0.941 bits per heavy atom. The molecule has 7 nitrogen and oxygen atoms in total. The van der Waals surface area contributed by atoms with Crippen molar-refractivity contribution in [1.82, 2.24) is 5.32 Å². The monoisotopic (exact) mass is 520 g/mol. The van der Waals surface area contributed by atoms with Gasteiger partial charge in [-0.05, 0) is 67.4 Å². The number of rotatable bonds is 8. The lowest BCUT2D eigenvalue weighted by molar-refractivity contribution is -0.120. The van der Waals surface area contributed by atoms with E-state index in [1.165, 1.54) is 24.3 Å². The molecule has 34 heavy (non-hydrogen) atoms. The summed E-state index contributed by atoms with van der Waals surface area (Å²) in [5, 5.41) is 3.24. The molecule has 10 heteroatoms. The van der Waals surface area contributed by atoms with E-state index in [-0.39, 0.29) is 9.79 Å². The van der Waals surface area contributed by atoms with Gasteiger partial charge in [0.1, 0.15) is 6.54 Å². The van der Waals surface area contributed by atoms with Crippen molar-refractivity contribution in [3.63, 3.8) is 0 Å².